The molecular formula is C20H20N4O5. The Hall–Kier alpha value is -3.46. The summed E-state index contributed by atoms with van der Waals surface area (Å²) in [5.74, 6) is -0.284. The van der Waals surface area contributed by atoms with Crippen molar-refractivity contribution < 1.29 is 18.9 Å². The van der Waals surface area contributed by atoms with Gasteiger partial charge in [0.05, 0.1) is 23.3 Å². The molecule has 2 aromatic rings. The molecule has 0 N–H and O–H groups in total. The van der Waals surface area contributed by atoms with Crippen molar-refractivity contribution in [3.63, 3.8) is 0 Å². The van der Waals surface area contributed by atoms with Crippen LogP contribution in [0, 0.1) is 10.1 Å². The Labute approximate surface area is 166 Å². The normalized spacial score (nSPS) is 18.1. The van der Waals surface area contributed by atoms with Crippen LogP contribution in [-0.4, -0.2) is 64.7 Å². The number of furan rings is 1. The number of nitro benzene ring substituents is 1. The monoisotopic (exact) mass is 396 g/mol. The predicted octanol–water partition coefficient (Wildman–Crippen LogP) is 1.72. The summed E-state index contributed by atoms with van der Waals surface area (Å²) in [7, 11) is 2.01. The summed E-state index contributed by atoms with van der Waals surface area (Å²) >= 11 is 0. The van der Waals surface area contributed by atoms with Crippen molar-refractivity contribution in [2.75, 3.05) is 33.2 Å². The lowest BCUT2D eigenvalue weighted by atomic mass is 10.0. The first-order chi connectivity index (χ1) is 14.0. The number of rotatable bonds is 5. The Morgan fingerprint density at radius 1 is 1.03 bits per heavy atom. The predicted molar refractivity (Wildman–Crippen MR) is 103 cm³/mol. The highest BCUT2D eigenvalue weighted by atomic mass is 16.6. The first-order valence-electron chi connectivity index (χ1n) is 9.27. The van der Waals surface area contributed by atoms with E-state index in [0.29, 0.717) is 30.1 Å². The van der Waals surface area contributed by atoms with E-state index in [0.717, 1.165) is 13.1 Å². The van der Waals surface area contributed by atoms with Crippen LogP contribution in [0.2, 0.25) is 0 Å². The molecule has 0 atom stereocenters. The molecule has 29 heavy (non-hydrogen) atoms. The smallest absolute Gasteiger partial charge is 0.278 e. The van der Waals surface area contributed by atoms with Gasteiger partial charge >= 0.3 is 0 Å². The van der Waals surface area contributed by atoms with E-state index < -0.39 is 10.8 Å². The Kier molecular flexibility index (Phi) is 4.89. The SMILES string of the molecule is CN1CCN(C2=C(c3ccc([N+](=O)[O-])cc3)C(=O)N(Cc3ccco3)C2=O)CC1. The molecule has 0 radical (unpaired) electrons. The van der Waals surface area contributed by atoms with Crippen LogP contribution in [0.15, 0.2) is 52.8 Å². The second kappa shape index (κ2) is 7.51. The fourth-order valence-corrected chi connectivity index (χ4v) is 3.60. The molecule has 1 fully saturated rings. The van der Waals surface area contributed by atoms with Gasteiger partial charge in [-0.05, 0) is 36.9 Å². The molecule has 0 bridgehead atoms. The van der Waals surface area contributed by atoms with Crippen molar-refractivity contribution in [2.45, 2.75) is 6.54 Å². The van der Waals surface area contributed by atoms with Gasteiger partial charge < -0.3 is 14.2 Å². The van der Waals surface area contributed by atoms with E-state index in [1.54, 1.807) is 12.1 Å². The summed E-state index contributed by atoms with van der Waals surface area (Å²) in [6, 6.07) is 9.14. The molecule has 2 aliphatic rings. The zero-order valence-electron chi connectivity index (χ0n) is 15.9. The van der Waals surface area contributed by atoms with E-state index in [4.69, 9.17) is 4.42 Å². The maximum Gasteiger partial charge on any atom is 0.278 e. The number of piperazine rings is 1. The van der Waals surface area contributed by atoms with Gasteiger partial charge in [-0.1, -0.05) is 0 Å². The zero-order chi connectivity index (χ0) is 20.5. The molecule has 150 valence electrons. The molecule has 0 spiro atoms. The third kappa shape index (κ3) is 3.52. The van der Waals surface area contributed by atoms with Crippen LogP contribution in [0.3, 0.4) is 0 Å². The number of carbonyl (C=O) groups is 2. The molecule has 1 aromatic carbocycles. The summed E-state index contributed by atoms with van der Waals surface area (Å²) in [6.07, 6.45) is 1.49. The van der Waals surface area contributed by atoms with Crippen LogP contribution in [0.25, 0.3) is 5.57 Å². The van der Waals surface area contributed by atoms with Crippen molar-refractivity contribution >= 4 is 23.1 Å². The van der Waals surface area contributed by atoms with Gasteiger partial charge in [-0.15, -0.1) is 0 Å². The summed E-state index contributed by atoms with van der Waals surface area (Å²) in [4.78, 5) is 42.2. The van der Waals surface area contributed by atoms with Gasteiger partial charge in [0.2, 0.25) is 0 Å². The maximum absolute atomic E-state index is 13.2. The molecule has 9 heteroatoms. The minimum absolute atomic E-state index is 0.0401. The third-order valence-corrected chi connectivity index (χ3v) is 5.22. The third-order valence-electron chi connectivity index (χ3n) is 5.22. The Morgan fingerprint density at radius 3 is 2.31 bits per heavy atom. The van der Waals surface area contributed by atoms with Crippen molar-refractivity contribution in [3.8, 4) is 0 Å². The Bertz CT molecular complexity index is 973. The topological polar surface area (TPSA) is 100 Å². The number of hydrogen-bond acceptors (Lipinski definition) is 7. The van der Waals surface area contributed by atoms with Crippen LogP contribution >= 0.6 is 0 Å². The highest BCUT2D eigenvalue weighted by Crippen LogP contribution is 2.33. The molecule has 2 aliphatic heterocycles. The van der Waals surface area contributed by atoms with Gasteiger partial charge in [-0.25, -0.2) is 0 Å². The fourth-order valence-electron chi connectivity index (χ4n) is 3.60. The summed E-state index contributed by atoms with van der Waals surface area (Å²) in [5, 5.41) is 11.0. The largest absolute Gasteiger partial charge is 0.467 e. The van der Waals surface area contributed by atoms with Crippen molar-refractivity contribution in [1.29, 1.82) is 0 Å². The van der Waals surface area contributed by atoms with Crippen LogP contribution in [0.4, 0.5) is 5.69 Å². The van der Waals surface area contributed by atoms with Gasteiger partial charge in [0, 0.05) is 38.3 Å². The molecular weight excluding hydrogens is 376 g/mol. The van der Waals surface area contributed by atoms with E-state index in [1.165, 1.54) is 35.4 Å². The van der Waals surface area contributed by atoms with Crippen LogP contribution < -0.4 is 0 Å². The van der Waals surface area contributed by atoms with E-state index in [1.807, 2.05) is 11.9 Å². The van der Waals surface area contributed by atoms with Crippen molar-refractivity contribution in [2.24, 2.45) is 0 Å². The average molecular weight is 396 g/mol. The highest BCUT2D eigenvalue weighted by molar-refractivity contribution is 6.35. The molecule has 0 saturated carbocycles. The maximum atomic E-state index is 13.2. The zero-order valence-corrected chi connectivity index (χ0v) is 15.9. The lowest BCUT2D eigenvalue weighted by Crippen LogP contribution is -2.45. The number of hydrogen-bond donors (Lipinski definition) is 0. The molecule has 9 nitrogen and oxygen atoms in total. The van der Waals surface area contributed by atoms with Crippen LogP contribution in [0.1, 0.15) is 11.3 Å². The average Bonchev–Trinajstić information content (AvgIpc) is 3.31. The molecule has 1 saturated heterocycles. The fraction of sp³-hybridized carbons (Fsp3) is 0.300. The summed E-state index contributed by atoms with van der Waals surface area (Å²) in [5.41, 5.74) is 1.05. The van der Waals surface area contributed by atoms with Crippen molar-refractivity contribution in [1.82, 2.24) is 14.7 Å². The molecule has 2 amide bonds. The number of nitrogens with zero attached hydrogens (tertiary/aromatic N) is 4. The number of likely N-dealkylation sites (N-methyl/N-ethyl adjacent to an activating group) is 1. The lowest BCUT2D eigenvalue weighted by Gasteiger charge is -2.34. The molecule has 3 heterocycles. The lowest BCUT2D eigenvalue weighted by molar-refractivity contribution is -0.384. The van der Waals surface area contributed by atoms with Gasteiger partial charge in [0.1, 0.15) is 11.5 Å². The first kappa shape index (κ1) is 18.9. The number of nitro groups is 1. The first-order valence-corrected chi connectivity index (χ1v) is 9.27. The van der Waals surface area contributed by atoms with Gasteiger partial charge in [-0.2, -0.15) is 0 Å². The summed E-state index contributed by atoms with van der Waals surface area (Å²) < 4.78 is 5.31. The van der Waals surface area contributed by atoms with E-state index in [-0.39, 0.29) is 23.7 Å². The van der Waals surface area contributed by atoms with Gasteiger partial charge in [-0.3, -0.25) is 24.6 Å². The van der Waals surface area contributed by atoms with Crippen LogP contribution in [0.5, 0.6) is 0 Å². The van der Waals surface area contributed by atoms with Gasteiger partial charge in [0.25, 0.3) is 17.5 Å². The minimum atomic E-state index is -0.496. The van der Waals surface area contributed by atoms with E-state index in [9.17, 15) is 19.7 Å². The molecule has 1 aromatic heterocycles. The second-order valence-corrected chi connectivity index (χ2v) is 7.09. The Balaban J connectivity index is 1.73. The minimum Gasteiger partial charge on any atom is -0.467 e. The quantitative estimate of drug-likeness (QED) is 0.431. The highest BCUT2D eigenvalue weighted by Gasteiger charge is 2.42. The standard InChI is InChI=1S/C20H20N4O5/c1-21-8-10-22(11-9-21)18-17(14-4-6-15(7-5-14)24(27)28)19(25)23(20(18)26)13-16-3-2-12-29-16/h2-7,12H,8-11,13H2,1H3. The molecule has 0 aliphatic carbocycles. The number of amides is 2. The number of imide groups is 1. The van der Waals surface area contributed by atoms with E-state index in [2.05, 4.69) is 4.90 Å². The summed E-state index contributed by atoms with van der Waals surface area (Å²) in [6.45, 7) is 2.83. The Morgan fingerprint density at radius 2 is 1.72 bits per heavy atom. The molecule has 0 unspecified atom stereocenters. The number of carbonyl (C=O) groups excluding carboxylic acids is 2. The molecule has 4 rings (SSSR count). The van der Waals surface area contributed by atoms with Crippen molar-refractivity contribution in [3.05, 3.63) is 69.8 Å². The van der Waals surface area contributed by atoms with Crippen LogP contribution in [-0.2, 0) is 16.1 Å². The van der Waals surface area contributed by atoms with Gasteiger partial charge in [0.15, 0.2) is 0 Å². The number of benzene rings is 1. The van der Waals surface area contributed by atoms with E-state index >= 15 is 0 Å². The second-order valence-electron chi connectivity index (χ2n) is 7.09. The number of non-ortho nitro benzene ring substituents is 1.